The van der Waals surface area contributed by atoms with E-state index < -0.39 is 35.0 Å². The van der Waals surface area contributed by atoms with Crippen molar-refractivity contribution in [3.63, 3.8) is 0 Å². The third kappa shape index (κ3) is 6.68. The van der Waals surface area contributed by atoms with Crippen molar-refractivity contribution in [1.29, 1.82) is 5.26 Å². The van der Waals surface area contributed by atoms with Crippen LogP contribution in [0.1, 0.15) is 56.0 Å². The monoisotopic (exact) mass is 569 g/mol. The number of amides is 1. The van der Waals surface area contributed by atoms with Crippen LogP contribution in [0.5, 0.6) is 5.75 Å². The second kappa shape index (κ2) is 12.1. The summed E-state index contributed by atoms with van der Waals surface area (Å²) in [6.45, 7) is 6.86. The van der Waals surface area contributed by atoms with Gasteiger partial charge in [0.2, 0.25) is 0 Å². The lowest BCUT2D eigenvalue weighted by atomic mass is 9.94. The van der Waals surface area contributed by atoms with Crippen LogP contribution in [0.3, 0.4) is 0 Å². The quantitative estimate of drug-likeness (QED) is 0.472. The van der Waals surface area contributed by atoms with Gasteiger partial charge in [-0.25, -0.2) is 13.6 Å². The smallest absolute Gasteiger partial charge is 0.331 e. The summed E-state index contributed by atoms with van der Waals surface area (Å²) in [6.07, 6.45) is 0.718. The SMILES string of the molecule is COC(=O)[C@]1(C)C[C@@H](O)CN1C(=O)c1c(F)cccc1-c1ccc(OCC2CCN(CC(C)(C)F)CC2)c(C#N)c1. The molecular weight excluding hydrogens is 532 g/mol. The molecule has 2 heterocycles. The van der Waals surface area contributed by atoms with E-state index in [9.17, 15) is 24.3 Å². The van der Waals surface area contributed by atoms with Gasteiger partial charge in [0.05, 0.1) is 30.9 Å². The molecule has 1 amide bonds. The number of rotatable bonds is 8. The zero-order chi connectivity index (χ0) is 29.9. The lowest BCUT2D eigenvalue weighted by molar-refractivity contribution is -0.151. The van der Waals surface area contributed by atoms with E-state index in [1.54, 1.807) is 38.1 Å². The van der Waals surface area contributed by atoms with Gasteiger partial charge < -0.3 is 24.4 Å². The molecule has 2 aliphatic rings. The molecule has 0 aliphatic carbocycles. The minimum atomic E-state index is -1.46. The van der Waals surface area contributed by atoms with E-state index in [-0.39, 0.29) is 35.6 Å². The second-order valence-electron chi connectivity index (χ2n) is 11.8. The molecule has 0 unspecified atom stereocenters. The Bertz CT molecular complexity index is 1330. The minimum absolute atomic E-state index is 0.0350. The predicted molar refractivity (Wildman–Crippen MR) is 148 cm³/mol. The predicted octanol–water partition coefficient (Wildman–Crippen LogP) is 4.34. The molecule has 1 N–H and O–H groups in total. The van der Waals surface area contributed by atoms with Crippen molar-refractivity contribution in [1.82, 2.24) is 9.80 Å². The number of halogens is 2. The summed E-state index contributed by atoms with van der Waals surface area (Å²) in [7, 11) is 1.19. The number of methoxy groups -OCH3 is 1. The average Bonchev–Trinajstić information content (AvgIpc) is 3.25. The number of benzene rings is 2. The van der Waals surface area contributed by atoms with E-state index in [4.69, 9.17) is 9.47 Å². The highest BCUT2D eigenvalue weighted by Crippen LogP contribution is 2.36. The summed E-state index contributed by atoms with van der Waals surface area (Å²) in [5.74, 6) is -1.60. The fourth-order valence-corrected chi connectivity index (χ4v) is 5.84. The van der Waals surface area contributed by atoms with E-state index in [0.717, 1.165) is 36.9 Å². The molecule has 220 valence electrons. The van der Waals surface area contributed by atoms with Crippen molar-refractivity contribution < 1.29 is 33.0 Å². The van der Waals surface area contributed by atoms with Gasteiger partial charge >= 0.3 is 5.97 Å². The maximum Gasteiger partial charge on any atom is 0.331 e. The average molecular weight is 570 g/mol. The van der Waals surface area contributed by atoms with E-state index in [1.807, 2.05) is 0 Å². The third-order valence-corrected chi connectivity index (χ3v) is 7.91. The summed E-state index contributed by atoms with van der Waals surface area (Å²) in [5.41, 5.74) is -2.06. The number of carbonyl (C=O) groups excluding carboxylic acids is 2. The lowest BCUT2D eigenvalue weighted by Gasteiger charge is -2.34. The summed E-state index contributed by atoms with van der Waals surface area (Å²) >= 11 is 0. The Morgan fingerprint density at radius 1 is 1.22 bits per heavy atom. The Labute approximate surface area is 239 Å². The molecule has 41 heavy (non-hydrogen) atoms. The molecule has 10 heteroatoms. The first kappa shape index (κ1) is 30.4. The number of likely N-dealkylation sites (tertiary alicyclic amines) is 2. The Morgan fingerprint density at radius 3 is 2.56 bits per heavy atom. The molecule has 2 saturated heterocycles. The Hall–Kier alpha value is -3.55. The number of nitriles is 1. The van der Waals surface area contributed by atoms with Crippen molar-refractivity contribution in [3.05, 3.63) is 53.3 Å². The Morgan fingerprint density at radius 2 is 1.93 bits per heavy atom. The number of nitrogens with zero attached hydrogens (tertiary/aromatic N) is 3. The highest BCUT2D eigenvalue weighted by molar-refractivity contribution is 6.04. The zero-order valence-corrected chi connectivity index (χ0v) is 24.0. The molecule has 2 aliphatic heterocycles. The number of ether oxygens (including phenoxy) is 2. The number of hydrogen-bond acceptors (Lipinski definition) is 7. The summed E-state index contributed by atoms with van der Waals surface area (Å²) in [5, 5.41) is 20.1. The molecular formula is C31H37F2N3O5. The van der Waals surface area contributed by atoms with Gasteiger partial charge in [-0.1, -0.05) is 18.2 Å². The van der Waals surface area contributed by atoms with Crippen LogP contribution in [0.4, 0.5) is 8.78 Å². The fourth-order valence-electron chi connectivity index (χ4n) is 5.84. The van der Waals surface area contributed by atoms with Crippen LogP contribution in [0.15, 0.2) is 36.4 Å². The maximum absolute atomic E-state index is 15.2. The van der Waals surface area contributed by atoms with Gasteiger partial charge in [0.1, 0.15) is 28.8 Å². The normalized spacial score (nSPS) is 21.9. The number of esters is 1. The second-order valence-corrected chi connectivity index (χ2v) is 11.8. The largest absolute Gasteiger partial charge is 0.492 e. The standard InChI is InChI=1S/C31H37F2N3O5/c1-30(2,33)19-35-12-10-20(11-13-35)18-41-26-9-8-21(14-22(26)16-34)24-6-5-7-25(32)27(24)28(38)36-17-23(37)15-31(36,3)29(39)40-4/h5-9,14,20,23,37H,10-13,15,17-19H2,1-4H3/t23-,31+/m1/s1. The fraction of sp³-hybridized carbons (Fsp3) is 0.516. The third-order valence-electron chi connectivity index (χ3n) is 7.91. The molecule has 0 saturated carbocycles. The van der Waals surface area contributed by atoms with Gasteiger partial charge in [0.15, 0.2) is 0 Å². The van der Waals surface area contributed by atoms with Gasteiger partial charge in [-0.15, -0.1) is 0 Å². The molecule has 4 rings (SSSR count). The molecule has 0 radical (unpaired) electrons. The molecule has 8 nitrogen and oxygen atoms in total. The molecule has 0 bridgehead atoms. The summed E-state index contributed by atoms with van der Waals surface area (Å²) < 4.78 is 40.1. The van der Waals surface area contributed by atoms with Gasteiger partial charge in [-0.2, -0.15) is 5.26 Å². The Balaban J connectivity index is 1.54. The summed E-state index contributed by atoms with van der Waals surface area (Å²) in [4.78, 5) is 29.5. The van der Waals surface area contributed by atoms with Crippen molar-refractivity contribution in [3.8, 4) is 22.9 Å². The number of piperidine rings is 1. The molecule has 0 spiro atoms. The van der Waals surface area contributed by atoms with Gasteiger partial charge in [-0.05, 0) is 81.9 Å². The first-order valence-electron chi connectivity index (χ1n) is 13.8. The number of aliphatic hydroxyl groups is 1. The van der Waals surface area contributed by atoms with Crippen LogP contribution in [0.25, 0.3) is 11.1 Å². The highest BCUT2D eigenvalue weighted by Gasteiger charge is 2.51. The van der Waals surface area contributed by atoms with Crippen LogP contribution in [-0.2, 0) is 9.53 Å². The summed E-state index contributed by atoms with van der Waals surface area (Å²) in [6, 6.07) is 11.2. The number of alkyl halides is 1. The minimum Gasteiger partial charge on any atom is -0.492 e. The topological polar surface area (TPSA) is 103 Å². The number of β-amino-alcohol motifs (C(OH)–C–C–N with tert-alkyl or cyclic N) is 1. The van der Waals surface area contributed by atoms with Crippen molar-refractivity contribution in [2.24, 2.45) is 5.92 Å². The van der Waals surface area contributed by atoms with Crippen LogP contribution >= 0.6 is 0 Å². The highest BCUT2D eigenvalue weighted by atomic mass is 19.1. The molecule has 0 aromatic heterocycles. The molecule has 2 aromatic carbocycles. The van der Waals surface area contributed by atoms with E-state index in [2.05, 4.69) is 11.0 Å². The van der Waals surface area contributed by atoms with Gasteiger partial charge in [0.25, 0.3) is 5.91 Å². The molecule has 2 atom stereocenters. The van der Waals surface area contributed by atoms with E-state index in [1.165, 1.54) is 20.1 Å². The maximum atomic E-state index is 15.2. The van der Waals surface area contributed by atoms with E-state index in [0.29, 0.717) is 24.5 Å². The number of carbonyl (C=O) groups is 2. The van der Waals surface area contributed by atoms with Crippen LogP contribution in [0.2, 0.25) is 0 Å². The van der Waals surface area contributed by atoms with Crippen molar-refractivity contribution >= 4 is 11.9 Å². The van der Waals surface area contributed by atoms with Crippen molar-refractivity contribution in [2.45, 2.75) is 57.3 Å². The number of aliphatic hydroxyl groups excluding tert-OH is 1. The van der Waals surface area contributed by atoms with Gasteiger partial charge in [0, 0.05) is 19.5 Å². The molecule has 2 fully saturated rings. The van der Waals surface area contributed by atoms with Crippen molar-refractivity contribution in [2.75, 3.05) is 39.9 Å². The first-order valence-corrected chi connectivity index (χ1v) is 13.8. The van der Waals surface area contributed by atoms with Crippen LogP contribution in [-0.4, -0.2) is 84.0 Å². The van der Waals surface area contributed by atoms with Crippen LogP contribution < -0.4 is 4.74 Å². The molecule has 2 aromatic rings. The van der Waals surface area contributed by atoms with Crippen LogP contribution in [0, 0.1) is 23.1 Å². The number of hydrogen-bond donors (Lipinski definition) is 1. The first-order chi connectivity index (χ1) is 19.4. The van der Waals surface area contributed by atoms with E-state index >= 15 is 4.39 Å². The lowest BCUT2D eigenvalue weighted by Crippen LogP contribution is -2.51. The Kier molecular flexibility index (Phi) is 9.00. The van der Waals surface area contributed by atoms with Gasteiger partial charge in [-0.3, -0.25) is 4.79 Å². The zero-order valence-electron chi connectivity index (χ0n) is 24.0.